The summed E-state index contributed by atoms with van der Waals surface area (Å²) in [6.45, 7) is 2.94. The smallest absolute Gasteiger partial charge is 0.270 e. The normalized spacial score (nSPS) is 18.9. The Balaban J connectivity index is 1.82. The van der Waals surface area contributed by atoms with Crippen molar-refractivity contribution in [3.05, 3.63) is 35.5 Å². The number of amides is 1. The second-order valence-corrected chi connectivity index (χ2v) is 8.38. The Bertz CT molecular complexity index is 857. The molecule has 0 bridgehead atoms. The number of likely N-dealkylation sites (tertiary alicyclic amines) is 1. The van der Waals surface area contributed by atoms with Gasteiger partial charge in [-0.15, -0.1) is 0 Å². The van der Waals surface area contributed by atoms with E-state index in [9.17, 15) is 13.2 Å². The third-order valence-electron chi connectivity index (χ3n) is 4.48. The lowest BCUT2D eigenvalue weighted by molar-refractivity contribution is 0.0613. The molecule has 24 heavy (non-hydrogen) atoms. The van der Waals surface area contributed by atoms with E-state index in [1.807, 2.05) is 31.2 Å². The first kappa shape index (κ1) is 17.0. The van der Waals surface area contributed by atoms with E-state index in [-0.39, 0.29) is 18.5 Å². The summed E-state index contributed by atoms with van der Waals surface area (Å²) >= 11 is 0. The van der Waals surface area contributed by atoms with Crippen LogP contribution in [0.1, 0.15) is 35.3 Å². The van der Waals surface area contributed by atoms with Crippen LogP contribution in [0.2, 0.25) is 0 Å². The van der Waals surface area contributed by atoms with E-state index in [2.05, 4.69) is 9.71 Å². The number of carbonyl (C=O) groups is 1. The molecule has 0 spiro atoms. The maximum absolute atomic E-state index is 12.9. The molecule has 1 amide bonds. The molecule has 130 valence electrons. The summed E-state index contributed by atoms with van der Waals surface area (Å²) in [7, 11) is -3.26. The minimum atomic E-state index is -3.26. The van der Waals surface area contributed by atoms with E-state index in [0.29, 0.717) is 12.2 Å². The van der Waals surface area contributed by atoms with Crippen molar-refractivity contribution >= 4 is 26.8 Å². The quantitative estimate of drug-likeness (QED) is 0.886. The van der Waals surface area contributed by atoms with Gasteiger partial charge in [-0.25, -0.2) is 13.1 Å². The number of aromatic amines is 1. The minimum Gasteiger partial charge on any atom is -0.351 e. The number of benzene rings is 1. The topological polar surface area (TPSA) is 82.3 Å². The van der Waals surface area contributed by atoms with Gasteiger partial charge in [0, 0.05) is 30.0 Å². The van der Waals surface area contributed by atoms with E-state index in [1.54, 1.807) is 4.90 Å². The van der Waals surface area contributed by atoms with Crippen molar-refractivity contribution in [3.63, 3.8) is 0 Å². The number of carbonyl (C=O) groups excluding carboxylic acids is 1. The van der Waals surface area contributed by atoms with Gasteiger partial charge in [0.15, 0.2) is 0 Å². The Morgan fingerprint density at radius 1 is 1.33 bits per heavy atom. The van der Waals surface area contributed by atoms with Gasteiger partial charge in [0.2, 0.25) is 10.0 Å². The molecule has 2 heterocycles. The van der Waals surface area contributed by atoms with E-state index < -0.39 is 10.0 Å². The van der Waals surface area contributed by atoms with E-state index >= 15 is 0 Å². The zero-order chi connectivity index (χ0) is 17.3. The standard InChI is InChI=1S/C17H23N3O3S/c1-12-6-7-13-10-16(19-15(13)9-12)17(21)20-8-4-3-5-14(20)11-18-24(2,22)23/h6-7,9-10,14,18-19H,3-5,8,11H2,1-2H3/t14-/m1/s1. The number of nitrogens with zero attached hydrogens (tertiary/aromatic N) is 1. The van der Waals surface area contributed by atoms with Crippen LogP contribution in [0.15, 0.2) is 24.3 Å². The molecule has 6 nitrogen and oxygen atoms in total. The lowest BCUT2D eigenvalue weighted by atomic mass is 10.0. The highest BCUT2D eigenvalue weighted by Crippen LogP contribution is 2.22. The summed E-state index contributed by atoms with van der Waals surface area (Å²) < 4.78 is 25.2. The Labute approximate surface area is 142 Å². The number of hydrogen-bond acceptors (Lipinski definition) is 3. The third kappa shape index (κ3) is 3.79. The number of aromatic nitrogens is 1. The molecule has 1 atom stereocenters. The minimum absolute atomic E-state index is 0.0659. The molecular weight excluding hydrogens is 326 g/mol. The average molecular weight is 349 g/mol. The van der Waals surface area contributed by atoms with Gasteiger partial charge in [0.05, 0.1) is 6.26 Å². The first-order chi connectivity index (χ1) is 11.3. The molecule has 1 fully saturated rings. The van der Waals surface area contributed by atoms with Crippen molar-refractivity contribution in [3.8, 4) is 0 Å². The van der Waals surface area contributed by atoms with Crippen molar-refractivity contribution < 1.29 is 13.2 Å². The monoisotopic (exact) mass is 349 g/mol. The van der Waals surface area contributed by atoms with Crippen LogP contribution in [0.25, 0.3) is 10.9 Å². The fraction of sp³-hybridized carbons (Fsp3) is 0.471. The average Bonchev–Trinajstić information content (AvgIpc) is 2.95. The summed E-state index contributed by atoms with van der Waals surface area (Å²) in [5.41, 5.74) is 2.64. The van der Waals surface area contributed by atoms with Gasteiger partial charge < -0.3 is 9.88 Å². The van der Waals surface area contributed by atoms with Gasteiger partial charge in [0.1, 0.15) is 5.69 Å². The molecule has 2 aromatic rings. The fourth-order valence-electron chi connectivity index (χ4n) is 3.24. The predicted molar refractivity (Wildman–Crippen MR) is 94.6 cm³/mol. The number of piperidine rings is 1. The van der Waals surface area contributed by atoms with Gasteiger partial charge in [-0.3, -0.25) is 4.79 Å². The first-order valence-corrected chi connectivity index (χ1v) is 10.1. The Kier molecular flexibility index (Phi) is 4.64. The van der Waals surface area contributed by atoms with Crippen LogP contribution in [0.3, 0.4) is 0 Å². The summed E-state index contributed by atoms with van der Waals surface area (Å²) in [5.74, 6) is -0.0659. The summed E-state index contributed by atoms with van der Waals surface area (Å²) in [6, 6.07) is 7.80. The zero-order valence-electron chi connectivity index (χ0n) is 14.0. The van der Waals surface area contributed by atoms with Gasteiger partial charge in [-0.05, 0) is 43.9 Å². The van der Waals surface area contributed by atoms with Crippen LogP contribution in [-0.2, 0) is 10.0 Å². The van der Waals surface area contributed by atoms with Gasteiger partial charge in [-0.2, -0.15) is 0 Å². The third-order valence-corrected chi connectivity index (χ3v) is 5.17. The maximum Gasteiger partial charge on any atom is 0.270 e. The molecule has 1 aromatic heterocycles. The van der Waals surface area contributed by atoms with Crippen molar-refractivity contribution in [2.24, 2.45) is 0 Å². The maximum atomic E-state index is 12.9. The van der Waals surface area contributed by atoms with Crippen LogP contribution in [0, 0.1) is 6.92 Å². The molecule has 0 aliphatic carbocycles. The molecular formula is C17H23N3O3S. The zero-order valence-corrected chi connectivity index (χ0v) is 14.8. The second kappa shape index (κ2) is 6.57. The molecule has 1 aliphatic rings. The van der Waals surface area contributed by atoms with Crippen molar-refractivity contribution in [2.75, 3.05) is 19.3 Å². The molecule has 1 aromatic carbocycles. The van der Waals surface area contributed by atoms with Gasteiger partial charge in [-0.1, -0.05) is 12.1 Å². The molecule has 0 unspecified atom stereocenters. The predicted octanol–water partition coefficient (Wildman–Crippen LogP) is 2.02. The lowest BCUT2D eigenvalue weighted by Crippen LogP contribution is -2.49. The van der Waals surface area contributed by atoms with Crippen molar-refractivity contribution in [1.82, 2.24) is 14.6 Å². The van der Waals surface area contributed by atoms with Crippen LogP contribution in [-0.4, -0.2) is 49.6 Å². The number of hydrogen-bond donors (Lipinski definition) is 2. The fourth-order valence-corrected chi connectivity index (χ4v) is 3.73. The molecule has 0 radical (unpaired) electrons. The number of nitrogens with one attached hydrogen (secondary N) is 2. The number of fused-ring (bicyclic) bond motifs is 1. The molecule has 1 aliphatic heterocycles. The van der Waals surface area contributed by atoms with Crippen LogP contribution >= 0.6 is 0 Å². The number of sulfonamides is 1. The van der Waals surface area contributed by atoms with Crippen molar-refractivity contribution in [2.45, 2.75) is 32.2 Å². The Hall–Kier alpha value is -1.86. The molecule has 2 N–H and O–H groups in total. The van der Waals surface area contributed by atoms with Crippen LogP contribution in [0.5, 0.6) is 0 Å². The largest absolute Gasteiger partial charge is 0.351 e. The van der Waals surface area contributed by atoms with E-state index in [0.717, 1.165) is 42.0 Å². The lowest BCUT2D eigenvalue weighted by Gasteiger charge is -2.35. The van der Waals surface area contributed by atoms with E-state index in [4.69, 9.17) is 0 Å². The number of aryl methyl sites for hydroxylation is 1. The summed E-state index contributed by atoms with van der Waals surface area (Å²) in [4.78, 5) is 17.9. The highest BCUT2D eigenvalue weighted by atomic mass is 32.2. The highest BCUT2D eigenvalue weighted by Gasteiger charge is 2.28. The Morgan fingerprint density at radius 3 is 2.88 bits per heavy atom. The van der Waals surface area contributed by atoms with E-state index in [1.165, 1.54) is 0 Å². The highest BCUT2D eigenvalue weighted by molar-refractivity contribution is 7.88. The summed E-state index contributed by atoms with van der Waals surface area (Å²) in [5, 5.41) is 1.01. The van der Waals surface area contributed by atoms with Gasteiger partial charge in [0.25, 0.3) is 5.91 Å². The summed E-state index contributed by atoms with van der Waals surface area (Å²) in [6.07, 6.45) is 3.90. The van der Waals surface area contributed by atoms with Crippen molar-refractivity contribution in [1.29, 1.82) is 0 Å². The van der Waals surface area contributed by atoms with Crippen LogP contribution < -0.4 is 4.72 Å². The molecule has 3 rings (SSSR count). The Morgan fingerprint density at radius 2 is 2.12 bits per heavy atom. The second-order valence-electron chi connectivity index (χ2n) is 6.54. The number of rotatable bonds is 4. The first-order valence-electron chi connectivity index (χ1n) is 8.18. The molecule has 0 saturated carbocycles. The van der Waals surface area contributed by atoms with Gasteiger partial charge >= 0.3 is 0 Å². The number of H-pyrrole nitrogens is 1. The molecule has 7 heteroatoms. The molecule has 1 saturated heterocycles. The van der Waals surface area contributed by atoms with Crippen LogP contribution in [0.4, 0.5) is 0 Å². The SMILES string of the molecule is Cc1ccc2cc(C(=O)N3CCCC[C@@H]3CNS(C)(=O)=O)[nH]c2c1.